The topological polar surface area (TPSA) is 59.3 Å². The Kier molecular flexibility index (Phi) is 3.86. The van der Waals surface area contributed by atoms with Crippen molar-refractivity contribution in [1.29, 1.82) is 0 Å². The van der Waals surface area contributed by atoms with E-state index in [9.17, 15) is 14.7 Å². The molecule has 0 amide bonds. The SMILES string of the molecule is CCC(C)n1cc(C(=O)O)c(=O)c2cc(Cl)cc(C)c21. The van der Waals surface area contributed by atoms with Crippen LogP contribution in [0, 0.1) is 6.92 Å². The van der Waals surface area contributed by atoms with E-state index in [0.717, 1.165) is 17.5 Å². The first-order valence-corrected chi connectivity index (χ1v) is 6.82. The van der Waals surface area contributed by atoms with E-state index < -0.39 is 11.4 Å². The number of halogens is 1. The zero-order chi connectivity index (χ0) is 15.0. The number of hydrogen-bond donors (Lipinski definition) is 1. The first-order valence-electron chi connectivity index (χ1n) is 6.45. The third-order valence-electron chi connectivity index (χ3n) is 3.58. The predicted molar refractivity (Wildman–Crippen MR) is 79.9 cm³/mol. The van der Waals surface area contributed by atoms with Gasteiger partial charge in [-0.05, 0) is 38.0 Å². The molecule has 1 aromatic heterocycles. The summed E-state index contributed by atoms with van der Waals surface area (Å²) in [6, 6.07) is 3.41. The molecule has 0 saturated carbocycles. The normalized spacial score (nSPS) is 12.6. The Morgan fingerprint density at radius 3 is 2.65 bits per heavy atom. The molecular formula is C15H16ClNO3. The van der Waals surface area contributed by atoms with Gasteiger partial charge in [-0.25, -0.2) is 4.79 Å². The van der Waals surface area contributed by atoms with Crippen LogP contribution in [0.1, 0.15) is 42.2 Å². The average molecular weight is 294 g/mol. The van der Waals surface area contributed by atoms with Gasteiger partial charge in [0.2, 0.25) is 5.43 Å². The Morgan fingerprint density at radius 2 is 2.10 bits per heavy atom. The number of aromatic nitrogens is 1. The second kappa shape index (κ2) is 5.29. The fraction of sp³-hybridized carbons (Fsp3) is 0.333. The molecule has 1 atom stereocenters. The molecule has 5 heteroatoms. The highest BCUT2D eigenvalue weighted by atomic mass is 35.5. The molecule has 0 radical (unpaired) electrons. The third kappa shape index (κ3) is 2.31. The second-order valence-corrected chi connectivity index (χ2v) is 5.40. The minimum atomic E-state index is -1.22. The molecule has 0 saturated heterocycles. The molecule has 20 heavy (non-hydrogen) atoms. The molecule has 106 valence electrons. The third-order valence-corrected chi connectivity index (χ3v) is 3.80. The number of fused-ring (bicyclic) bond motifs is 1. The van der Waals surface area contributed by atoms with Gasteiger partial charge in [0.1, 0.15) is 5.56 Å². The monoisotopic (exact) mass is 293 g/mol. The van der Waals surface area contributed by atoms with E-state index in [1.807, 2.05) is 25.3 Å². The lowest BCUT2D eigenvalue weighted by molar-refractivity contribution is 0.0694. The highest BCUT2D eigenvalue weighted by molar-refractivity contribution is 6.31. The Morgan fingerprint density at radius 1 is 1.45 bits per heavy atom. The first kappa shape index (κ1) is 14.6. The van der Waals surface area contributed by atoms with Crippen molar-refractivity contribution in [2.24, 2.45) is 0 Å². The van der Waals surface area contributed by atoms with Crippen molar-refractivity contribution in [3.05, 3.63) is 44.7 Å². The molecule has 1 unspecified atom stereocenters. The molecule has 0 bridgehead atoms. The van der Waals surface area contributed by atoms with E-state index in [1.165, 1.54) is 12.3 Å². The van der Waals surface area contributed by atoms with E-state index in [2.05, 4.69) is 0 Å². The minimum Gasteiger partial charge on any atom is -0.477 e. The Balaban J connectivity index is 3.01. The lowest BCUT2D eigenvalue weighted by atomic mass is 10.1. The van der Waals surface area contributed by atoms with Crippen LogP contribution in [0.15, 0.2) is 23.1 Å². The van der Waals surface area contributed by atoms with Crippen molar-refractivity contribution < 1.29 is 9.90 Å². The zero-order valence-corrected chi connectivity index (χ0v) is 12.4. The predicted octanol–water partition coefficient (Wildman–Crippen LogP) is 3.63. The van der Waals surface area contributed by atoms with Crippen molar-refractivity contribution in [3.8, 4) is 0 Å². The standard InChI is InChI=1S/C15H16ClNO3/c1-4-9(3)17-7-12(15(19)20)14(18)11-6-10(16)5-8(2)13(11)17/h5-7,9H,4H2,1-3H3,(H,19,20). The minimum absolute atomic E-state index is 0.0936. The first-order chi connectivity index (χ1) is 9.36. The van der Waals surface area contributed by atoms with Crippen LogP contribution >= 0.6 is 11.6 Å². The quantitative estimate of drug-likeness (QED) is 0.940. The van der Waals surface area contributed by atoms with Crippen LogP contribution in [0.3, 0.4) is 0 Å². The van der Waals surface area contributed by atoms with Crippen LogP contribution in [0.25, 0.3) is 10.9 Å². The number of pyridine rings is 1. The zero-order valence-electron chi connectivity index (χ0n) is 11.6. The van der Waals surface area contributed by atoms with Gasteiger partial charge in [0, 0.05) is 22.6 Å². The van der Waals surface area contributed by atoms with Gasteiger partial charge in [0.15, 0.2) is 0 Å². The van der Waals surface area contributed by atoms with E-state index in [4.69, 9.17) is 11.6 Å². The maximum Gasteiger partial charge on any atom is 0.341 e. The maximum atomic E-state index is 12.3. The Hall–Kier alpha value is -1.81. The number of carboxylic acid groups (broad SMARTS) is 1. The van der Waals surface area contributed by atoms with Gasteiger partial charge in [-0.2, -0.15) is 0 Å². The number of carbonyl (C=O) groups is 1. The van der Waals surface area contributed by atoms with Gasteiger partial charge < -0.3 is 9.67 Å². The maximum absolute atomic E-state index is 12.3. The summed E-state index contributed by atoms with van der Waals surface area (Å²) in [7, 11) is 0. The van der Waals surface area contributed by atoms with Crippen molar-refractivity contribution in [2.45, 2.75) is 33.2 Å². The summed E-state index contributed by atoms with van der Waals surface area (Å²) in [5.41, 5.74) is 0.901. The van der Waals surface area contributed by atoms with Crippen LogP contribution in [0.2, 0.25) is 5.02 Å². The van der Waals surface area contributed by atoms with Crippen LogP contribution in [0.4, 0.5) is 0 Å². The van der Waals surface area contributed by atoms with E-state index >= 15 is 0 Å². The molecule has 0 aliphatic carbocycles. The molecule has 1 N–H and O–H groups in total. The number of aryl methyl sites for hydroxylation is 1. The fourth-order valence-electron chi connectivity index (χ4n) is 2.36. The van der Waals surface area contributed by atoms with E-state index in [1.54, 1.807) is 6.07 Å². The van der Waals surface area contributed by atoms with Crippen LogP contribution in [-0.2, 0) is 0 Å². The Bertz CT molecular complexity index is 749. The molecule has 0 aliphatic heterocycles. The van der Waals surface area contributed by atoms with Gasteiger partial charge in [0.25, 0.3) is 0 Å². The summed E-state index contributed by atoms with van der Waals surface area (Å²) >= 11 is 6.00. The van der Waals surface area contributed by atoms with Crippen molar-refractivity contribution in [2.75, 3.05) is 0 Å². The molecular weight excluding hydrogens is 278 g/mol. The van der Waals surface area contributed by atoms with E-state index in [0.29, 0.717) is 10.4 Å². The molecule has 2 rings (SSSR count). The highest BCUT2D eigenvalue weighted by Crippen LogP contribution is 2.25. The number of rotatable bonds is 3. The summed E-state index contributed by atoms with van der Waals surface area (Å²) in [6.07, 6.45) is 2.27. The van der Waals surface area contributed by atoms with Gasteiger partial charge in [0.05, 0.1) is 5.52 Å². The van der Waals surface area contributed by atoms with Gasteiger partial charge >= 0.3 is 5.97 Å². The summed E-state index contributed by atoms with van der Waals surface area (Å²) in [5.74, 6) is -1.22. The second-order valence-electron chi connectivity index (χ2n) is 4.96. The van der Waals surface area contributed by atoms with Crippen LogP contribution < -0.4 is 5.43 Å². The van der Waals surface area contributed by atoms with E-state index in [-0.39, 0.29) is 11.6 Å². The molecule has 0 spiro atoms. The molecule has 1 heterocycles. The lowest BCUT2D eigenvalue weighted by Gasteiger charge is -2.19. The number of nitrogens with zero attached hydrogens (tertiary/aromatic N) is 1. The number of benzene rings is 1. The van der Waals surface area contributed by atoms with Crippen LogP contribution in [0.5, 0.6) is 0 Å². The Labute approximate surface area is 121 Å². The largest absolute Gasteiger partial charge is 0.477 e. The smallest absolute Gasteiger partial charge is 0.341 e. The lowest BCUT2D eigenvalue weighted by Crippen LogP contribution is -2.20. The van der Waals surface area contributed by atoms with Gasteiger partial charge in [-0.3, -0.25) is 4.79 Å². The van der Waals surface area contributed by atoms with Crippen molar-refractivity contribution in [1.82, 2.24) is 4.57 Å². The number of aromatic carboxylic acids is 1. The van der Waals surface area contributed by atoms with Crippen molar-refractivity contribution >= 4 is 28.5 Å². The average Bonchev–Trinajstić information content (AvgIpc) is 2.38. The van der Waals surface area contributed by atoms with Gasteiger partial charge in [-0.1, -0.05) is 18.5 Å². The highest BCUT2D eigenvalue weighted by Gasteiger charge is 2.18. The molecule has 0 fully saturated rings. The molecule has 1 aromatic carbocycles. The summed E-state index contributed by atoms with van der Waals surface area (Å²) in [5, 5.41) is 9.99. The number of carboxylic acids is 1. The number of hydrogen-bond acceptors (Lipinski definition) is 2. The summed E-state index contributed by atoms with van der Waals surface area (Å²) in [4.78, 5) is 23.5. The summed E-state index contributed by atoms with van der Waals surface area (Å²) < 4.78 is 1.85. The molecule has 0 aliphatic rings. The van der Waals surface area contributed by atoms with Crippen molar-refractivity contribution in [3.63, 3.8) is 0 Å². The van der Waals surface area contributed by atoms with Crippen LogP contribution in [-0.4, -0.2) is 15.6 Å². The molecule has 4 nitrogen and oxygen atoms in total. The summed E-state index contributed by atoms with van der Waals surface area (Å²) in [6.45, 7) is 5.87. The van der Waals surface area contributed by atoms with Gasteiger partial charge in [-0.15, -0.1) is 0 Å². The fourth-order valence-corrected chi connectivity index (χ4v) is 2.63. The molecule has 2 aromatic rings.